The van der Waals surface area contributed by atoms with Crippen molar-refractivity contribution in [3.05, 3.63) is 35.8 Å². The van der Waals surface area contributed by atoms with Gasteiger partial charge >= 0.3 is 6.30 Å². The molecule has 0 fully saturated rings. The molecule has 6 nitrogen and oxygen atoms in total. The van der Waals surface area contributed by atoms with Crippen LogP contribution in [0.1, 0.15) is 64.3 Å². The van der Waals surface area contributed by atoms with Crippen molar-refractivity contribution in [2.24, 2.45) is 4.99 Å². The Morgan fingerprint density at radius 2 is 2.07 bits per heavy atom. The van der Waals surface area contributed by atoms with Crippen LogP contribution in [-0.4, -0.2) is 32.5 Å². The summed E-state index contributed by atoms with van der Waals surface area (Å²) < 4.78 is 39.7. The molecule has 158 valence electrons. The molecular weight excluding hydrogens is 383 g/mol. The molecule has 9 heteroatoms. The van der Waals surface area contributed by atoms with Crippen LogP contribution in [0, 0.1) is 0 Å². The molecule has 2 heterocycles. The Kier molecular flexibility index (Phi) is 7.53. The van der Waals surface area contributed by atoms with Gasteiger partial charge in [-0.2, -0.15) is 4.99 Å². The fourth-order valence-corrected chi connectivity index (χ4v) is 2.88. The smallest absolute Gasteiger partial charge is 0.323 e. The first-order chi connectivity index (χ1) is 13.6. The molecule has 2 aromatic rings. The van der Waals surface area contributed by atoms with Gasteiger partial charge in [-0.05, 0) is 37.0 Å². The second-order valence-electron chi connectivity index (χ2n) is 7.13. The highest BCUT2D eigenvalue weighted by atomic mass is 19.4. The quantitative estimate of drug-likeness (QED) is 0.489. The van der Waals surface area contributed by atoms with Crippen molar-refractivity contribution in [3.63, 3.8) is 0 Å². The summed E-state index contributed by atoms with van der Waals surface area (Å²) >= 11 is 0. The molecule has 0 bridgehead atoms. The molecule has 2 rings (SSSR count). The van der Waals surface area contributed by atoms with Crippen molar-refractivity contribution in [2.45, 2.75) is 65.6 Å². The summed E-state index contributed by atoms with van der Waals surface area (Å²) in [6, 6.07) is 1.76. The summed E-state index contributed by atoms with van der Waals surface area (Å²) in [5, 5.41) is 11.1. The number of hydrogen-bond acceptors (Lipinski definition) is 4. The zero-order chi connectivity index (χ0) is 21.6. The second kappa shape index (κ2) is 9.67. The van der Waals surface area contributed by atoms with Gasteiger partial charge < -0.3 is 5.32 Å². The Balaban J connectivity index is 2.34. The first-order valence-corrected chi connectivity index (χ1v) is 9.57. The summed E-state index contributed by atoms with van der Waals surface area (Å²) in [6.45, 7) is 7.28. The molecule has 0 aliphatic carbocycles. The third kappa shape index (κ3) is 6.69. The average Bonchev–Trinajstić information content (AvgIpc) is 3.02. The molecule has 2 aromatic heterocycles. The molecule has 0 unspecified atom stereocenters. The minimum Gasteiger partial charge on any atom is -0.323 e. The lowest BCUT2D eigenvalue weighted by atomic mass is 10.1. The largest absolute Gasteiger partial charge is 0.503 e. The fraction of sp³-hybridized carbons (Fsp3) is 0.500. The van der Waals surface area contributed by atoms with Crippen LogP contribution < -0.4 is 5.32 Å². The highest BCUT2D eigenvalue weighted by Crippen LogP contribution is 2.23. The van der Waals surface area contributed by atoms with E-state index in [1.54, 1.807) is 16.5 Å². The van der Waals surface area contributed by atoms with Gasteiger partial charge in [0.15, 0.2) is 5.65 Å². The van der Waals surface area contributed by atoms with E-state index in [-0.39, 0.29) is 24.0 Å². The number of anilines is 1. The van der Waals surface area contributed by atoms with E-state index in [4.69, 9.17) is 0 Å². The summed E-state index contributed by atoms with van der Waals surface area (Å²) in [5.41, 5.74) is 1.85. The minimum absolute atomic E-state index is 0.00896. The lowest BCUT2D eigenvalue weighted by molar-refractivity contribution is -0.119. The summed E-state index contributed by atoms with van der Waals surface area (Å²) in [4.78, 5) is 14.4. The van der Waals surface area contributed by atoms with E-state index in [0.717, 1.165) is 17.8 Å². The molecule has 0 aliphatic heterocycles. The first kappa shape index (κ1) is 22.6. The summed E-state index contributed by atoms with van der Waals surface area (Å²) in [7, 11) is 0. The number of pyridine rings is 1. The van der Waals surface area contributed by atoms with Crippen LogP contribution in [0.4, 0.5) is 18.9 Å². The van der Waals surface area contributed by atoms with E-state index in [1.807, 2.05) is 27.0 Å². The van der Waals surface area contributed by atoms with Crippen molar-refractivity contribution in [1.82, 2.24) is 14.6 Å². The average molecular weight is 409 g/mol. The first-order valence-electron chi connectivity index (χ1n) is 9.57. The number of aromatic nitrogens is 3. The van der Waals surface area contributed by atoms with Gasteiger partial charge in [0.25, 0.3) is 0 Å². The summed E-state index contributed by atoms with van der Waals surface area (Å²) in [5.74, 6) is 0.605. The maximum Gasteiger partial charge on any atom is 0.503 e. The molecule has 0 aromatic carbocycles. The van der Waals surface area contributed by atoms with Gasteiger partial charge in [0.05, 0.1) is 5.69 Å². The number of unbranched alkanes of at least 4 members (excludes halogenated alkanes) is 1. The molecule has 1 N–H and O–H groups in total. The van der Waals surface area contributed by atoms with Crippen molar-refractivity contribution in [1.29, 1.82) is 0 Å². The third-order valence-electron chi connectivity index (χ3n) is 4.14. The van der Waals surface area contributed by atoms with Gasteiger partial charge in [0.2, 0.25) is 5.91 Å². The number of carbonyl (C=O) groups excluding carboxylic acids is 1. The van der Waals surface area contributed by atoms with Crippen LogP contribution in [0.25, 0.3) is 5.65 Å². The normalized spacial score (nSPS) is 13.0. The number of carbonyl (C=O) groups is 1. The molecule has 0 saturated heterocycles. The number of rotatable bonds is 8. The fourth-order valence-electron chi connectivity index (χ4n) is 2.88. The SMILES string of the molecule is CCCCC(/C=C\Cc1cc(NC(C)=O)c2nnc(C(C)C)n2c1)=NC(F)(F)F. The van der Waals surface area contributed by atoms with Crippen molar-refractivity contribution < 1.29 is 18.0 Å². The molecule has 0 atom stereocenters. The van der Waals surface area contributed by atoms with Gasteiger partial charge in [-0.25, -0.2) is 0 Å². The van der Waals surface area contributed by atoms with Gasteiger partial charge in [0.1, 0.15) is 5.82 Å². The minimum atomic E-state index is -4.58. The van der Waals surface area contributed by atoms with Crippen LogP contribution in [0.5, 0.6) is 0 Å². The van der Waals surface area contributed by atoms with E-state index in [9.17, 15) is 18.0 Å². The number of alkyl halides is 3. The lowest BCUT2D eigenvalue weighted by Crippen LogP contribution is -2.09. The van der Waals surface area contributed by atoms with E-state index >= 15 is 0 Å². The number of hydrogen-bond donors (Lipinski definition) is 1. The number of amides is 1. The topological polar surface area (TPSA) is 71.7 Å². The maximum absolute atomic E-state index is 12.6. The molecule has 0 aliphatic rings. The summed E-state index contributed by atoms with van der Waals surface area (Å²) in [6.07, 6.45) is 2.39. The zero-order valence-corrected chi connectivity index (χ0v) is 17.0. The molecule has 29 heavy (non-hydrogen) atoms. The standard InChI is InChI=1S/C20H26F3N5O/c1-5-6-9-16(25-20(21,22)23)10-7-8-15-11-17(24-14(4)29)19-27-26-18(13(2)3)28(19)12-15/h7,10-13H,5-6,8-9H2,1-4H3,(H,24,29)/b10-7-,25-16?. The number of aliphatic imine (C=N–C) groups is 1. The van der Waals surface area contributed by atoms with Crippen LogP contribution in [-0.2, 0) is 11.2 Å². The Bertz CT molecular complexity index is 913. The lowest BCUT2D eigenvalue weighted by Gasteiger charge is -2.09. The molecular formula is C20H26F3N5O. The molecule has 0 saturated carbocycles. The third-order valence-corrected chi connectivity index (χ3v) is 4.14. The van der Waals surface area contributed by atoms with Crippen molar-refractivity contribution >= 4 is 23.0 Å². The van der Waals surface area contributed by atoms with Crippen molar-refractivity contribution in [3.8, 4) is 0 Å². The van der Waals surface area contributed by atoms with Crippen LogP contribution in [0.15, 0.2) is 29.4 Å². The monoisotopic (exact) mass is 409 g/mol. The van der Waals surface area contributed by atoms with Crippen LogP contribution in [0.2, 0.25) is 0 Å². The number of halogens is 3. The Morgan fingerprint density at radius 3 is 2.66 bits per heavy atom. The van der Waals surface area contributed by atoms with E-state index in [2.05, 4.69) is 20.5 Å². The number of nitrogens with zero attached hydrogens (tertiary/aromatic N) is 4. The maximum atomic E-state index is 12.6. The van der Waals surface area contributed by atoms with Crippen molar-refractivity contribution in [2.75, 3.05) is 5.32 Å². The highest BCUT2D eigenvalue weighted by molar-refractivity contribution is 5.95. The van der Waals surface area contributed by atoms with Gasteiger partial charge in [-0.1, -0.05) is 33.3 Å². The Hall–Kier alpha value is -2.71. The number of fused-ring (bicyclic) bond motifs is 1. The second-order valence-corrected chi connectivity index (χ2v) is 7.13. The number of allylic oxidation sites excluding steroid dienone is 2. The zero-order valence-electron chi connectivity index (χ0n) is 17.0. The predicted molar refractivity (Wildman–Crippen MR) is 107 cm³/mol. The predicted octanol–water partition coefficient (Wildman–Crippen LogP) is 5.06. The molecule has 0 spiro atoms. The van der Waals surface area contributed by atoms with Gasteiger partial charge in [-0.3, -0.25) is 9.20 Å². The van der Waals surface area contributed by atoms with E-state index in [1.165, 1.54) is 13.0 Å². The highest BCUT2D eigenvalue weighted by Gasteiger charge is 2.26. The van der Waals surface area contributed by atoms with E-state index < -0.39 is 6.30 Å². The number of nitrogens with one attached hydrogen (secondary N) is 1. The van der Waals surface area contributed by atoms with E-state index in [0.29, 0.717) is 24.2 Å². The molecule has 1 amide bonds. The van der Waals surface area contributed by atoms with Gasteiger partial charge in [0, 0.05) is 24.8 Å². The van der Waals surface area contributed by atoms with Crippen LogP contribution in [0.3, 0.4) is 0 Å². The molecule has 0 radical (unpaired) electrons. The van der Waals surface area contributed by atoms with Gasteiger partial charge in [-0.15, -0.1) is 23.4 Å². The Morgan fingerprint density at radius 1 is 1.34 bits per heavy atom. The Labute approximate surface area is 167 Å². The van der Waals surface area contributed by atoms with Crippen LogP contribution >= 0.6 is 0 Å².